The third-order valence-electron chi connectivity index (χ3n) is 2.94. The van der Waals surface area contributed by atoms with E-state index in [4.69, 9.17) is 4.42 Å². The average molecular weight is 235 g/mol. The Morgan fingerprint density at radius 3 is 3.00 bits per heavy atom. The molecule has 1 aliphatic rings. The van der Waals surface area contributed by atoms with E-state index in [0.717, 1.165) is 37.8 Å². The summed E-state index contributed by atoms with van der Waals surface area (Å²) in [5, 5.41) is 3.33. The van der Waals surface area contributed by atoms with Crippen LogP contribution in [0.5, 0.6) is 0 Å². The standard InChI is InChI=1S/C13H21N3O/c1-10(2)14-8-12-9-17-13(15-12)16-6-4-11(3)5-7-16/h4,9-10,14H,5-8H2,1-3H3. The second kappa shape index (κ2) is 5.36. The van der Waals surface area contributed by atoms with E-state index in [2.05, 4.69) is 42.0 Å². The van der Waals surface area contributed by atoms with Gasteiger partial charge < -0.3 is 14.6 Å². The summed E-state index contributed by atoms with van der Waals surface area (Å²) in [6.07, 6.45) is 5.08. The molecule has 0 atom stereocenters. The fourth-order valence-corrected chi connectivity index (χ4v) is 1.78. The van der Waals surface area contributed by atoms with Gasteiger partial charge in [0.1, 0.15) is 6.26 Å². The lowest BCUT2D eigenvalue weighted by atomic mass is 10.1. The van der Waals surface area contributed by atoms with Gasteiger partial charge in [-0.1, -0.05) is 25.5 Å². The Morgan fingerprint density at radius 1 is 1.53 bits per heavy atom. The number of oxazole rings is 1. The summed E-state index contributed by atoms with van der Waals surface area (Å²) < 4.78 is 5.52. The summed E-state index contributed by atoms with van der Waals surface area (Å²) in [4.78, 5) is 6.67. The first-order valence-corrected chi connectivity index (χ1v) is 6.23. The molecule has 0 radical (unpaired) electrons. The molecular weight excluding hydrogens is 214 g/mol. The maximum absolute atomic E-state index is 5.52. The highest BCUT2D eigenvalue weighted by Crippen LogP contribution is 2.18. The van der Waals surface area contributed by atoms with Crippen molar-refractivity contribution in [1.29, 1.82) is 0 Å². The fourth-order valence-electron chi connectivity index (χ4n) is 1.78. The van der Waals surface area contributed by atoms with E-state index in [1.807, 2.05) is 0 Å². The van der Waals surface area contributed by atoms with Crippen LogP contribution in [0.4, 0.5) is 6.01 Å². The van der Waals surface area contributed by atoms with Crippen molar-refractivity contribution in [2.75, 3.05) is 18.0 Å². The highest BCUT2D eigenvalue weighted by atomic mass is 16.4. The summed E-state index contributed by atoms with van der Waals surface area (Å²) in [5.41, 5.74) is 2.43. The summed E-state index contributed by atoms with van der Waals surface area (Å²) in [5.74, 6) is 0. The molecule has 4 nitrogen and oxygen atoms in total. The number of hydrogen-bond donors (Lipinski definition) is 1. The molecule has 0 bridgehead atoms. The van der Waals surface area contributed by atoms with Crippen LogP contribution in [0, 0.1) is 0 Å². The van der Waals surface area contributed by atoms with Crippen LogP contribution in [0.3, 0.4) is 0 Å². The molecule has 1 N–H and O–H groups in total. The first-order valence-electron chi connectivity index (χ1n) is 6.23. The normalized spacial score (nSPS) is 16.5. The molecule has 4 heteroatoms. The van der Waals surface area contributed by atoms with Gasteiger partial charge >= 0.3 is 0 Å². The van der Waals surface area contributed by atoms with E-state index < -0.39 is 0 Å². The molecule has 1 aromatic rings. The molecule has 0 aromatic carbocycles. The first kappa shape index (κ1) is 12.2. The van der Waals surface area contributed by atoms with Gasteiger partial charge in [-0.05, 0) is 13.3 Å². The largest absolute Gasteiger partial charge is 0.432 e. The van der Waals surface area contributed by atoms with E-state index in [1.54, 1.807) is 6.26 Å². The lowest BCUT2D eigenvalue weighted by Crippen LogP contribution is -2.28. The van der Waals surface area contributed by atoms with Gasteiger partial charge in [0.2, 0.25) is 0 Å². The van der Waals surface area contributed by atoms with Crippen molar-refractivity contribution in [3.63, 3.8) is 0 Å². The Bertz CT molecular complexity index is 395. The van der Waals surface area contributed by atoms with Gasteiger partial charge in [0.05, 0.1) is 5.69 Å². The predicted molar refractivity (Wildman–Crippen MR) is 69.1 cm³/mol. The second-order valence-electron chi connectivity index (χ2n) is 4.90. The van der Waals surface area contributed by atoms with Crippen LogP contribution >= 0.6 is 0 Å². The summed E-state index contributed by atoms with van der Waals surface area (Å²) in [6.45, 7) is 9.09. The first-order chi connectivity index (χ1) is 8.15. The highest BCUT2D eigenvalue weighted by molar-refractivity contribution is 5.31. The molecule has 17 heavy (non-hydrogen) atoms. The van der Waals surface area contributed by atoms with Crippen LogP contribution in [0.2, 0.25) is 0 Å². The van der Waals surface area contributed by atoms with Crippen molar-refractivity contribution >= 4 is 6.01 Å². The zero-order valence-corrected chi connectivity index (χ0v) is 10.9. The van der Waals surface area contributed by atoms with Crippen molar-refractivity contribution < 1.29 is 4.42 Å². The number of anilines is 1. The van der Waals surface area contributed by atoms with E-state index >= 15 is 0 Å². The molecule has 1 aliphatic heterocycles. The molecule has 94 valence electrons. The molecule has 0 saturated heterocycles. The van der Waals surface area contributed by atoms with Crippen molar-refractivity contribution in [2.45, 2.75) is 39.8 Å². The molecule has 0 amide bonds. The molecule has 0 fully saturated rings. The van der Waals surface area contributed by atoms with Gasteiger partial charge in [0.15, 0.2) is 0 Å². The molecule has 0 aliphatic carbocycles. The van der Waals surface area contributed by atoms with E-state index in [-0.39, 0.29) is 0 Å². The third-order valence-corrected chi connectivity index (χ3v) is 2.94. The molecule has 0 saturated carbocycles. The van der Waals surface area contributed by atoms with Crippen LogP contribution in [0.25, 0.3) is 0 Å². The van der Waals surface area contributed by atoms with Crippen LogP contribution < -0.4 is 10.2 Å². The SMILES string of the molecule is CC1=CCN(c2nc(CNC(C)C)co2)CC1. The zero-order valence-electron chi connectivity index (χ0n) is 10.9. The monoisotopic (exact) mass is 235 g/mol. The maximum atomic E-state index is 5.52. The van der Waals surface area contributed by atoms with Crippen LogP contribution in [0.1, 0.15) is 32.9 Å². The smallest absolute Gasteiger partial charge is 0.297 e. The molecule has 2 rings (SSSR count). The van der Waals surface area contributed by atoms with E-state index in [1.165, 1.54) is 5.57 Å². The van der Waals surface area contributed by atoms with Crippen molar-refractivity contribution in [3.05, 3.63) is 23.6 Å². The average Bonchev–Trinajstić information content (AvgIpc) is 2.76. The van der Waals surface area contributed by atoms with E-state index in [9.17, 15) is 0 Å². The van der Waals surface area contributed by atoms with Gasteiger partial charge in [0, 0.05) is 25.7 Å². The van der Waals surface area contributed by atoms with Crippen molar-refractivity contribution in [2.24, 2.45) is 0 Å². The third kappa shape index (κ3) is 3.33. The Labute approximate surface area is 103 Å². The molecule has 0 spiro atoms. The van der Waals surface area contributed by atoms with Crippen LogP contribution in [-0.2, 0) is 6.54 Å². The number of aromatic nitrogens is 1. The minimum absolute atomic E-state index is 0.468. The lowest BCUT2D eigenvalue weighted by Gasteiger charge is -2.23. The zero-order chi connectivity index (χ0) is 12.3. The summed E-state index contributed by atoms with van der Waals surface area (Å²) in [6, 6.07) is 1.21. The Balaban J connectivity index is 1.94. The van der Waals surface area contributed by atoms with Gasteiger partial charge in [-0.25, -0.2) is 0 Å². The Kier molecular flexibility index (Phi) is 3.84. The topological polar surface area (TPSA) is 41.3 Å². The fraction of sp³-hybridized carbons (Fsp3) is 0.615. The molecule has 0 unspecified atom stereocenters. The number of nitrogens with one attached hydrogen (secondary N) is 1. The van der Waals surface area contributed by atoms with Crippen molar-refractivity contribution in [1.82, 2.24) is 10.3 Å². The quantitative estimate of drug-likeness (QED) is 0.813. The predicted octanol–water partition coefficient (Wildman–Crippen LogP) is 2.33. The van der Waals surface area contributed by atoms with Gasteiger partial charge in [0.25, 0.3) is 6.01 Å². The molecule has 1 aromatic heterocycles. The van der Waals surface area contributed by atoms with Gasteiger partial charge in [-0.15, -0.1) is 0 Å². The minimum Gasteiger partial charge on any atom is -0.432 e. The van der Waals surface area contributed by atoms with Crippen LogP contribution in [-0.4, -0.2) is 24.1 Å². The van der Waals surface area contributed by atoms with E-state index in [0.29, 0.717) is 6.04 Å². The number of hydrogen-bond acceptors (Lipinski definition) is 4. The Morgan fingerprint density at radius 2 is 2.35 bits per heavy atom. The number of nitrogens with zero attached hydrogens (tertiary/aromatic N) is 2. The molecular formula is C13H21N3O. The van der Waals surface area contributed by atoms with Gasteiger partial charge in [-0.3, -0.25) is 0 Å². The summed E-state index contributed by atoms with van der Waals surface area (Å²) >= 11 is 0. The van der Waals surface area contributed by atoms with Gasteiger partial charge in [-0.2, -0.15) is 4.98 Å². The summed E-state index contributed by atoms with van der Waals surface area (Å²) in [7, 11) is 0. The highest BCUT2D eigenvalue weighted by Gasteiger charge is 2.15. The second-order valence-corrected chi connectivity index (χ2v) is 4.90. The van der Waals surface area contributed by atoms with Crippen LogP contribution in [0.15, 0.2) is 22.3 Å². The number of rotatable bonds is 4. The molecule has 2 heterocycles. The maximum Gasteiger partial charge on any atom is 0.297 e. The van der Waals surface area contributed by atoms with Crippen molar-refractivity contribution in [3.8, 4) is 0 Å². The lowest BCUT2D eigenvalue weighted by molar-refractivity contribution is 0.532. The Hall–Kier alpha value is -1.29. The minimum atomic E-state index is 0.468.